The fourth-order valence-corrected chi connectivity index (χ4v) is 3.83. The van der Waals surface area contributed by atoms with Gasteiger partial charge in [0.2, 0.25) is 23.6 Å². The Morgan fingerprint density at radius 3 is 2.23 bits per heavy atom. The Labute approximate surface area is 204 Å². The first-order valence-corrected chi connectivity index (χ1v) is 11.8. The van der Waals surface area contributed by atoms with Gasteiger partial charge in [0.05, 0.1) is 6.04 Å². The molecule has 7 N–H and O–H groups in total. The van der Waals surface area contributed by atoms with Gasteiger partial charge in [-0.2, -0.15) is 0 Å². The van der Waals surface area contributed by atoms with E-state index < -0.39 is 47.9 Å². The Balaban J connectivity index is 2.20. The number of hydrogen-bond acceptors (Lipinski definition) is 6. The highest BCUT2D eigenvalue weighted by molar-refractivity contribution is 5.94. The average Bonchev–Trinajstić information content (AvgIpc) is 3.34. The summed E-state index contributed by atoms with van der Waals surface area (Å²) in [6.07, 6.45) is 1.38. The maximum atomic E-state index is 13.2. The number of benzene rings is 1. The van der Waals surface area contributed by atoms with Crippen molar-refractivity contribution in [3.05, 3.63) is 35.9 Å². The van der Waals surface area contributed by atoms with E-state index in [9.17, 15) is 29.1 Å². The van der Waals surface area contributed by atoms with Crippen LogP contribution in [0.1, 0.15) is 45.1 Å². The molecule has 35 heavy (non-hydrogen) atoms. The molecule has 1 aliphatic rings. The van der Waals surface area contributed by atoms with Crippen molar-refractivity contribution in [3.63, 3.8) is 0 Å². The summed E-state index contributed by atoms with van der Waals surface area (Å²) >= 11 is 0. The van der Waals surface area contributed by atoms with Crippen molar-refractivity contribution < 1.29 is 29.1 Å². The lowest BCUT2D eigenvalue weighted by Crippen LogP contribution is -2.58. The van der Waals surface area contributed by atoms with E-state index in [1.165, 1.54) is 0 Å². The zero-order chi connectivity index (χ0) is 26.0. The lowest BCUT2D eigenvalue weighted by molar-refractivity contribution is -0.143. The van der Waals surface area contributed by atoms with Crippen LogP contribution >= 0.6 is 0 Å². The van der Waals surface area contributed by atoms with Gasteiger partial charge in [-0.25, -0.2) is 4.79 Å². The predicted molar refractivity (Wildman–Crippen MR) is 128 cm³/mol. The summed E-state index contributed by atoms with van der Waals surface area (Å²) in [6.45, 7) is 4.02. The molecule has 1 aliphatic heterocycles. The Kier molecular flexibility index (Phi) is 10.7. The monoisotopic (exact) mass is 489 g/mol. The molecule has 0 aromatic heterocycles. The summed E-state index contributed by atoms with van der Waals surface area (Å²) < 4.78 is 0. The maximum absolute atomic E-state index is 13.2. The lowest BCUT2D eigenvalue weighted by atomic mass is 10.0. The molecule has 0 radical (unpaired) electrons. The van der Waals surface area contributed by atoms with Gasteiger partial charge < -0.3 is 32.1 Å². The fourth-order valence-electron chi connectivity index (χ4n) is 3.83. The summed E-state index contributed by atoms with van der Waals surface area (Å²) in [7, 11) is 0. The molecule has 0 aliphatic carbocycles. The molecule has 1 aromatic rings. The molecule has 4 amide bonds. The fraction of sp³-hybridized carbons (Fsp3) is 0.542. The highest BCUT2D eigenvalue weighted by Gasteiger charge is 2.32. The van der Waals surface area contributed by atoms with E-state index in [2.05, 4.69) is 21.3 Å². The molecule has 0 spiro atoms. The zero-order valence-corrected chi connectivity index (χ0v) is 20.1. The minimum Gasteiger partial charge on any atom is -0.480 e. The summed E-state index contributed by atoms with van der Waals surface area (Å²) in [6, 6.07) is 5.15. The van der Waals surface area contributed by atoms with Crippen molar-refractivity contribution in [1.82, 2.24) is 21.3 Å². The molecule has 4 atom stereocenters. The number of carboxylic acid groups (broad SMARTS) is 1. The molecule has 1 fully saturated rings. The van der Waals surface area contributed by atoms with Gasteiger partial charge in [-0.05, 0) is 37.3 Å². The largest absolute Gasteiger partial charge is 0.480 e. The minimum atomic E-state index is -1.19. The first-order chi connectivity index (χ1) is 16.6. The molecule has 0 bridgehead atoms. The third-order valence-corrected chi connectivity index (χ3v) is 5.84. The van der Waals surface area contributed by atoms with Crippen LogP contribution in [0.4, 0.5) is 0 Å². The number of carbonyl (C=O) groups is 5. The van der Waals surface area contributed by atoms with E-state index in [4.69, 9.17) is 5.73 Å². The Morgan fingerprint density at radius 1 is 1.03 bits per heavy atom. The van der Waals surface area contributed by atoms with Gasteiger partial charge >= 0.3 is 5.97 Å². The Hall–Kier alpha value is -3.47. The van der Waals surface area contributed by atoms with Gasteiger partial charge in [0.25, 0.3) is 0 Å². The number of amides is 4. The van der Waals surface area contributed by atoms with Crippen LogP contribution < -0.4 is 27.0 Å². The summed E-state index contributed by atoms with van der Waals surface area (Å²) in [5, 5.41) is 20.3. The van der Waals surface area contributed by atoms with Gasteiger partial charge in [0, 0.05) is 12.8 Å². The third kappa shape index (κ3) is 9.01. The van der Waals surface area contributed by atoms with Crippen LogP contribution in [0.25, 0.3) is 0 Å². The van der Waals surface area contributed by atoms with Gasteiger partial charge in [-0.15, -0.1) is 0 Å². The molecule has 0 saturated carbocycles. The van der Waals surface area contributed by atoms with Crippen LogP contribution in [0.15, 0.2) is 30.3 Å². The first-order valence-electron chi connectivity index (χ1n) is 11.8. The number of primary amides is 1. The van der Waals surface area contributed by atoms with Gasteiger partial charge in [0.15, 0.2) is 0 Å². The highest BCUT2D eigenvalue weighted by Crippen LogP contribution is 2.09. The third-order valence-electron chi connectivity index (χ3n) is 5.84. The highest BCUT2D eigenvalue weighted by atomic mass is 16.4. The van der Waals surface area contributed by atoms with Crippen LogP contribution in [0.5, 0.6) is 0 Å². The second-order valence-corrected chi connectivity index (χ2v) is 9.03. The quantitative estimate of drug-likeness (QED) is 0.215. The van der Waals surface area contributed by atoms with E-state index in [-0.39, 0.29) is 31.1 Å². The number of nitrogens with two attached hydrogens (primary N) is 1. The van der Waals surface area contributed by atoms with Crippen LogP contribution in [0, 0.1) is 5.92 Å². The van der Waals surface area contributed by atoms with Crippen molar-refractivity contribution in [2.24, 2.45) is 11.7 Å². The van der Waals surface area contributed by atoms with Crippen LogP contribution in [-0.4, -0.2) is 65.4 Å². The maximum Gasteiger partial charge on any atom is 0.326 e. The SMILES string of the molecule is CC(C)C(NC(=O)C(Cc1ccccc1)NC(=O)C(CCC(N)=O)NC(=O)C1CCCN1)C(=O)O. The normalized spacial score (nSPS) is 17.7. The van der Waals surface area contributed by atoms with Crippen LogP contribution in [0.2, 0.25) is 0 Å². The molecule has 192 valence electrons. The molecule has 11 nitrogen and oxygen atoms in total. The van der Waals surface area contributed by atoms with Crippen molar-refractivity contribution in [1.29, 1.82) is 0 Å². The standard InChI is InChI=1S/C24H35N5O6/c1-14(2)20(24(34)35)29-23(33)18(13-15-7-4-3-5-8-15)28-22(32)17(10-11-19(25)30)27-21(31)16-9-6-12-26-16/h3-5,7-8,14,16-18,20,26H,6,9-13H2,1-2H3,(H2,25,30)(H,27,31)(H,28,32)(H,29,33)(H,34,35). The van der Waals surface area contributed by atoms with Crippen molar-refractivity contribution in [3.8, 4) is 0 Å². The molecular formula is C24H35N5O6. The first kappa shape index (κ1) is 27.8. The molecule has 1 heterocycles. The van der Waals surface area contributed by atoms with E-state index in [0.29, 0.717) is 13.0 Å². The van der Waals surface area contributed by atoms with E-state index >= 15 is 0 Å². The smallest absolute Gasteiger partial charge is 0.326 e. The number of rotatable bonds is 13. The summed E-state index contributed by atoms with van der Waals surface area (Å²) in [5.41, 5.74) is 5.99. The van der Waals surface area contributed by atoms with Gasteiger partial charge in [0.1, 0.15) is 18.1 Å². The van der Waals surface area contributed by atoms with Crippen LogP contribution in [-0.2, 0) is 30.4 Å². The van der Waals surface area contributed by atoms with Crippen molar-refractivity contribution >= 4 is 29.6 Å². The minimum absolute atomic E-state index is 0.0386. The number of nitrogens with one attached hydrogen (secondary N) is 4. The molecule has 4 unspecified atom stereocenters. The van der Waals surface area contributed by atoms with Gasteiger partial charge in [-0.3, -0.25) is 19.2 Å². The molecule has 11 heteroatoms. The second-order valence-electron chi connectivity index (χ2n) is 9.03. The topological polar surface area (TPSA) is 180 Å². The number of carboxylic acids is 1. The van der Waals surface area contributed by atoms with E-state index in [1.54, 1.807) is 38.1 Å². The lowest BCUT2D eigenvalue weighted by Gasteiger charge is -2.26. The number of aliphatic carboxylic acids is 1. The predicted octanol–water partition coefficient (Wildman–Crippen LogP) is -0.558. The van der Waals surface area contributed by atoms with Crippen molar-refractivity contribution in [2.75, 3.05) is 6.54 Å². The molecule has 2 rings (SSSR count). The molecular weight excluding hydrogens is 454 g/mol. The Bertz CT molecular complexity index is 901. The summed E-state index contributed by atoms with van der Waals surface area (Å²) in [4.78, 5) is 61.7. The Morgan fingerprint density at radius 2 is 1.69 bits per heavy atom. The van der Waals surface area contributed by atoms with Gasteiger partial charge in [-0.1, -0.05) is 44.2 Å². The van der Waals surface area contributed by atoms with E-state index in [0.717, 1.165) is 12.0 Å². The molecule has 1 saturated heterocycles. The van der Waals surface area contributed by atoms with Crippen LogP contribution in [0.3, 0.4) is 0 Å². The second kappa shape index (κ2) is 13.4. The van der Waals surface area contributed by atoms with E-state index in [1.807, 2.05) is 6.07 Å². The number of carbonyl (C=O) groups excluding carboxylic acids is 4. The zero-order valence-electron chi connectivity index (χ0n) is 20.1. The molecule has 1 aromatic carbocycles. The summed E-state index contributed by atoms with van der Waals surface area (Å²) in [5.74, 6) is -3.90. The van der Waals surface area contributed by atoms with Crippen molar-refractivity contribution in [2.45, 2.75) is 70.1 Å². The number of hydrogen-bond donors (Lipinski definition) is 6. The average molecular weight is 490 g/mol.